The summed E-state index contributed by atoms with van der Waals surface area (Å²) < 4.78 is 13.4. The molecule has 5 aromatic rings. The molecule has 2 aromatic carbocycles. The van der Waals surface area contributed by atoms with Crippen molar-refractivity contribution in [3.8, 4) is 11.3 Å². The number of anilines is 3. The Hall–Kier alpha value is -5.62. The summed E-state index contributed by atoms with van der Waals surface area (Å²) in [5, 5.41) is 1.15. The van der Waals surface area contributed by atoms with Crippen molar-refractivity contribution in [3.63, 3.8) is 0 Å². The van der Waals surface area contributed by atoms with Crippen LogP contribution in [0.1, 0.15) is 5.56 Å². The third kappa shape index (κ3) is 6.31. The number of fused-ring (bicyclic) bond motifs is 2. The van der Waals surface area contributed by atoms with Gasteiger partial charge < -0.3 is 29.1 Å². The second kappa shape index (κ2) is 13.6. The van der Waals surface area contributed by atoms with Crippen molar-refractivity contribution >= 4 is 34.4 Å². The van der Waals surface area contributed by atoms with Crippen LogP contribution in [-0.2, 0) is 16.1 Å². The molecule has 9 rings (SSSR count). The van der Waals surface area contributed by atoms with Crippen LogP contribution in [0.3, 0.4) is 0 Å². The van der Waals surface area contributed by atoms with Crippen molar-refractivity contribution in [1.29, 1.82) is 0 Å². The average molecular weight is 683 g/mol. The maximum Gasteiger partial charge on any atom is 0.410 e. The molecule has 7 heterocycles. The summed E-state index contributed by atoms with van der Waals surface area (Å²) >= 11 is 0. The number of para-hydroxylation sites is 1. The fourth-order valence-corrected chi connectivity index (χ4v) is 7.30. The van der Waals surface area contributed by atoms with E-state index in [1.54, 1.807) is 4.90 Å². The summed E-state index contributed by atoms with van der Waals surface area (Å²) in [4.78, 5) is 41.4. The quantitative estimate of drug-likeness (QED) is 0.239. The van der Waals surface area contributed by atoms with Crippen LogP contribution in [0.15, 0.2) is 96.2 Å². The van der Waals surface area contributed by atoms with E-state index in [4.69, 9.17) is 29.4 Å². The SMILES string of the molecule is O=C(OCc1ccccc1)N1CCN(c2ccc(-c3cnc(N4CCOCC4)c4[n+]3=CC(C3CN(c5ccc6ccccc6n5)C3)N=4)cn2)CC1. The molecule has 4 aliphatic rings. The summed E-state index contributed by atoms with van der Waals surface area (Å²) in [5.41, 5.74) is 4.83. The summed E-state index contributed by atoms with van der Waals surface area (Å²) in [6, 6.07) is 26.5. The monoisotopic (exact) mass is 682 g/mol. The van der Waals surface area contributed by atoms with Gasteiger partial charge in [-0.1, -0.05) is 53.5 Å². The minimum atomic E-state index is -0.277. The first-order chi connectivity index (χ1) is 25.2. The lowest BCUT2D eigenvalue weighted by Crippen LogP contribution is -2.51. The average Bonchev–Trinajstić information content (AvgIpc) is 3.62. The van der Waals surface area contributed by atoms with E-state index >= 15 is 0 Å². The number of pyridine rings is 2. The van der Waals surface area contributed by atoms with Crippen molar-refractivity contribution in [3.05, 3.63) is 109 Å². The molecule has 1 unspecified atom stereocenters. The van der Waals surface area contributed by atoms with Gasteiger partial charge in [0, 0.05) is 75.4 Å². The standard InChI is InChI=1S/C39H40N9O3/c49-39(51-27-28-6-2-1-3-7-28)46-16-14-44(15-17-46)35-12-11-30(22-40-35)34-23-41-37(45-18-20-50-21-19-45)38-43-33(26-48(34)38)31-24-47(25-31)36-13-10-29-8-4-5-9-32(29)42-36/h1-13,22-23,26,31,33H,14-21,24-25,27H2/q+1. The van der Waals surface area contributed by atoms with Crippen LogP contribution < -0.4 is 24.4 Å². The highest BCUT2D eigenvalue weighted by Crippen LogP contribution is 2.29. The Labute approximate surface area is 295 Å². The van der Waals surface area contributed by atoms with Gasteiger partial charge in [0.1, 0.15) is 24.5 Å². The normalized spacial score (nSPS) is 18.9. The summed E-state index contributed by atoms with van der Waals surface area (Å²) in [7, 11) is 0. The number of carbonyl (C=O) groups excluding carboxylic acids is 1. The number of ether oxygens (including phenoxy) is 2. The minimum absolute atomic E-state index is 0.0346. The number of benzene rings is 2. The molecule has 0 N–H and O–H groups in total. The third-order valence-corrected chi connectivity index (χ3v) is 10.3. The van der Waals surface area contributed by atoms with Crippen molar-refractivity contribution < 1.29 is 18.5 Å². The number of piperazine rings is 1. The number of carbonyl (C=O) groups is 1. The molecule has 3 saturated heterocycles. The zero-order chi connectivity index (χ0) is 34.1. The zero-order valence-corrected chi connectivity index (χ0v) is 28.4. The number of morpholine rings is 1. The smallest absolute Gasteiger partial charge is 0.410 e. The molecule has 3 fully saturated rings. The third-order valence-electron chi connectivity index (χ3n) is 10.3. The molecule has 0 saturated carbocycles. The first-order valence-electron chi connectivity index (χ1n) is 17.8. The lowest BCUT2D eigenvalue weighted by molar-refractivity contribution is -0.511. The molecule has 1 amide bonds. The van der Waals surface area contributed by atoms with E-state index in [0.29, 0.717) is 45.3 Å². The number of nitrogens with zero attached hydrogens (tertiary/aromatic N) is 9. The molecule has 0 spiro atoms. The molecule has 3 aromatic heterocycles. The molecule has 4 aliphatic heterocycles. The highest BCUT2D eigenvalue weighted by Gasteiger charge is 2.40. The van der Waals surface area contributed by atoms with Gasteiger partial charge in [-0.25, -0.2) is 19.7 Å². The molecule has 0 aliphatic carbocycles. The van der Waals surface area contributed by atoms with E-state index in [9.17, 15) is 4.79 Å². The van der Waals surface area contributed by atoms with Crippen molar-refractivity contribution in [2.24, 2.45) is 10.9 Å². The highest BCUT2D eigenvalue weighted by molar-refractivity contribution is 5.80. The summed E-state index contributed by atoms with van der Waals surface area (Å²) in [5.74, 6) is 3.18. The van der Waals surface area contributed by atoms with E-state index < -0.39 is 0 Å². The van der Waals surface area contributed by atoms with Crippen molar-refractivity contribution in [1.82, 2.24) is 19.9 Å². The molecule has 51 heavy (non-hydrogen) atoms. The largest absolute Gasteiger partial charge is 0.445 e. The zero-order valence-electron chi connectivity index (χ0n) is 28.4. The Balaban J connectivity index is 0.904. The van der Waals surface area contributed by atoms with E-state index in [0.717, 1.165) is 76.8 Å². The summed E-state index contributed by atoms with van der Waals surface area (Å²) in [6.45, 7) is 7.56. The van der Waals surface area contributed by atoms with Gasteiger partial charge in [0.15, 0.2) is 5.69 Å². The molecule has 0 radical (unpaired) electrons. The van der Waals surface area contributed by atoms with Gasteiger partial charge in [0.25, 0.3) is 0 Å². The number of rotatable bonds is 7. The van der Waals surface area contributed by atoms with Crippen LogP contribution >= 0.6 is 0 Å². The maximum absolute atomic E-state index is 12.7. The van der Waals surface area contributed by atoms with Crippen LogP contribution in [0.5, 0.6) is 0 Å². The lowest BCUT2D eigenvalue weighted by atomic mass is 9.92. The Bertz CT molecular complexity index is 2160. The van der Waals surface area contributed by atoms with Crippen LogP contribution in [0.2, 0.25) is 0 Å². The predicted molar refractivity (Wildman–Crippen MR) is 193 cm³/mol. The Kier molecular flexibility index (Phi) is 8.36. The number of hydrogen-bond acceptors (Lipinski definition) is 10. The second-order valence-corrected chi connectivity index (χ2v) is 13.5. The van der Waals surface area contributed by atoms with Crippen molar-refractivity contribution in [2.45, 2.75) is 12.6 Å². The highest BCUT2D eigenvalue weighted by atomic mass is 16.6. The van der Waals surface area contributed by atoms with Gasteiger partial charge in [-0.3, -0.25) is 0 Å². The molecule has 0 bridgehead atoms. The Morgan fingerprint density at radius 3 is 2.37 bits per heavy atom. The van der Waals surface area contributed by atoms with Crippen LogP contribution in [0.25, 0.3) is 22.2 Å². The molecular formula is C39H40N9O3+. The fourth-order valence-electron chi connectivity index (χ4n) is 7.30. The van der Waals surface area contributed by atoms with E-state index in [1.165, 1.54) is 0 Å². The van der Waals surface area contributed by atoms with Gasteiger partial charge in [-0.15, -0.1) is 0 Å². The molecule has 12 heteroatoms. The van der Waals surface area contributed by atoms with E-state index in [1.807, 2.05) is 54.9 Å². The van der Waals surface area contributed by atoms with Crippen LogP contribution in [0.4, 0.5) is 22.2 Å². The Morgan fingerprint density at radius 1 is 0.784 bits per heavy atom. The van der Waals surface area contributed by atoms with Gasteiger partial charge in [0.2, 0.25) is 11.9 Å². The van der Waals surface area contributed by atoms with Crippen LogP contribution in [0, 0.1) is 12.1 Å². The minimum Gasteiger partial charge on any atom is -0.445 e. The first kappa shape index (κ1) is 31.4. The van der Waals surface area contributed by atoms with Crippen molar-refractivity contribution in [2.75, 3.05) is 80.3 Å². The van der Waals surface area contributed by atoms with E-state index in [-0.39, 0.29) is 18.7 Å². The maximum atomic E-state index is 12.7. The topological polar surface area (TPSA) is 105 Å². The lowest BCUT2D eigenvalue weighted by Gasteiger charge is -2.39. The summed E-state index contributed by atoms with van der Waals surface area (Å²) in [6.07, 6.45) is 5.86. The fraction of sp³-hybridized carbons (Fsp3) is 0.333. The number of amides is 1. The van der Waals surface area contributed by atoms with Gasteiger partial charge in [-0.05, 0) is 35.9 Å². The molecule has 1 atom stereocenters. The van der Waals surface area contributed by atoms with Crippen LogP contribution in [-0.4, -0.2) is 97.6 Å². The predicted octanol–water partition coefficient (Wildman–Crippen LogP) is 3.42. The Morgan fingerprint density at radius 2 is 1.57 bits per heavy atom. The first-order valence-corrected chi connectivity index (χ1v) is 17.8. The number of hydrogen-bond donors (Lipinski definition) is 0. The van der Waals surface area contributed by atoms with Gasteiger partial charge in [0.05, 0.1) is 24.9 Å². The molecule has 258 valence electrons. The van der Waals surface area contributed by atoms with E-state index in [2.05, 4.69) is 61.6 Å². The van der Waals surface area contributed by atoms with Gasteiger partial charge >= 0.3 is 11.6 Å². The molecular weight excluding hydrogens is 642 g/mol. The molecule has 12 nitrogen and oxygen atoms in total. The second-order valence-electron chi connectivity index (χ2n) is 13.5. The number of aromatic nitrogens is 4. The van der Waals surface area contributed by atoms with Gasteiger partial charge in [-0.2, -0.15) is 4.24 Å².